The number of rotatable bonds is 7. The lowest BCUT2D eigenvalue weighted by molar-refractivity contribution is 1.18. The summed E-state index contributed by atoms with van der Waals surface area (Å²) in [4.78, 5) is 4.54. The molecule has 11 rings (SSSR count). The number of para-hydroxylation sites is 2. The highest BCUT2D eigenvalue weighted by molar-refractivity contribution is 6.10. The Kier molecular flexibility index (Phi) is 12.9. The molecule has 1 aliphatic rings. The first-order valence-corrected chi connectivity index (χ1v) is 23.1. The minimum atomic E-state index is 0.798. The number of aryl methyl sites for hydroxylation is 3. The molecule has 0 aliphatic heterocycles. The second-order valence-corrected chi connectivity index (χ2v) is 17.6. The third-order valence-electron chi connectivity index (χ3n) is 12.8. The average Bonchev–Trinajstić information content (AvgIpc) is 3.90. The van der Waals surface area contributed by atoms with Gasteiger partial charge in [0.25, 0.3) is 0 Å². The van der Waals surface area contributed by atoms with E-state index >= 15 is 0 Å². The Morgan fingerprint density at radius 2 is 1.07 bits per heavy atom. The summed E-state index contributed by atoms with van der Waals surface area (Å²) in [5.74, 6) is 0. The van der Waals surface area contributed by atoms with Crippen molar-refractivity contribution in [2.24, 2.45) is 4.99 Å². The van der Waals surface area contributed by atoms with Crippen LogP contribution in [0.1, 0.15) is 58.4 Å². The Balaban J connectivity index is 0.000000139. The smallest absolute Gasteiger partial charge is 0.0633 e. The summed E-state index contributed by atoms with van der Waals surface area (Å²) in [5.41, 5.74) is 24.8. The fourth-order valence-corrected chi connectivity index (χ4v) is 9.32. The first kappa shape index (κ1) is 44.1. The lowest BCUT2D eigenvalue weighted by atomic mass is 9.92. The molecule has 1 aliphatic carbocycles. The Hall–Kier alpha value is -8.07. The highest BCUT2D eigenvalue weighted by atomic mass is 15.0. The van der Waals surface area contributed by atoms with Crippen molar-refractivity contribution in [3.63, 3.8) is 0 Å². The minimum absolute atomic E-state index is 0.798. The van der Waals surface area contributed by atoms with E-state index in [2.05, 4.69) is 214 Å². The van der Waals surface area contributed by atoms with Gasteiger partial charge in [-0.05, 0) is 150 Å². The van der Waals surface area contributed by atoms with Gasteiger partial charge in [0.15, 0.2) is 0 Å². The van der Waals surface area contributed by atoms with Gasteiger partial charge in [0, 0.05) is 22.2 Å². The van der Waals surface area contributed by atoms with Crippen LogP contribution in [0.2, 0.25) is 0 Å². The molecule has 0 fully saturated rings. The van der Waals surface area contributed by atoms with Gasteiger partial charge >= 0.3 is 0 Å². The lowest BCUT2D eigenvalue weighted by Gasteiger charge is -2.12. The first-order valence-electron chi connectivity index (χ1n) is 23.1. The highest BCUT2D eigenvalue weighted by Gasteiger charge is 2.21. The van der Waals surface area contributed by atoms with Crippen molar-refractivity contribution < 1.29 is 0 Å². The standard InChI is InChI=1S/C32H25N.C17H16.C16H15N/c1-22-10-6-7-13-27(22)29-20-24(17-16-23(29)2)25-18-19-32-30(21-25)28-14-8-9-15-31(28)33(32)26-11-4-3-5-12-26;1-11(2)15-6-4-5-14-10-13-8-7-12(3)9-16(13)17(14)15;1-13(15-9-5-3-6-10-15)17-14(2)16-11-7-4-8-12-16/h3-21H,1-2H3;4-9H,1,10H2,2-3H3;3-12H,1H2,2H3. The fourth-order valence-electron chi connectivity index (χ4n) is 9.32. The van der Waals surface area contributed by atoms with Gasteiger partial charge in [0.05, 0.1) is 16.7 Å². The topological polar surface area (TPSA) is 17.3 Å². The van der Waals surface area contributed by atoms with Crippen molar-refractivity contribution in [1.29, 1.82) is 0 Å². The summed E-state index contributed by atoms with van der Waals surface area (Å²) < 4.78 is 2.36. The maximum atomic E-state index is 4.54. The van der Waals surface area contributed by atoms with Gasteiger partial charge < -0.3 is 4.57 Å². The largest absolute Gasteiger partial charge is 0.309 e. The molecule has 2 nitrogen and oxygen atoms in total. The van der Waals surface area contributed by atoms with Gasteiger partial charge in [0.1, 0.15) is 0 Å². The van der Waals surface area contributed by atoms with E-state index in [4.69, 9.17) is 0 Å². The van der Waals surface area contributed by atoms with Gasteiger partial charge in [-0.3, -0.25) is 4.99 Å². The summed E-state index contributed by atoms with van der Waals surface area (Å²) in [6.45, 7) is 18.7. The van der Waals surface area contributed by atoms with Crippen LogP contribution in [-0.2, 0) is 6.42 Å². The number of aliphatic imine (C=N–C) groups is 1. The lowest BCUT2D eigenvalue weighted by Crippen LogP contribution is -1.94. The maximum Gasteiger partial charge on any atom is 0.0633 e. The molecule has 0 bridgehead atoms. The van der Waals surface area contributed by atoms with Crippen molar-refractivity contribution in [2.45, 2.75) is 41.0 Å². The van der Waals surface area contributed by atoms with Crippen molar-refractivity contribution in [3.8, 4) is 39.1 Å². The zero-order chi connectivity index (χ0) is 46.4. The van der Waals surface area contributed by atoms with Gasteiger partial charge in [-0.25, -0.2) is 0 Å². The van der Waals surface area contributed by atoms with Crippen molar-refractivity contribution >= 4 is 38.8 Å². The number of hydrogen-bond donors (Lipinski definition) is 0. The molecule has 0 saturated heterocycles. The van der Waals surface area contributed by atoms with Crippen LogP contribution in [0.15, 0.2) is 230 Å². The Bertz CT molecular complexity index is 3440. The summed E-state index contributed by atoms with van der Waals surface area (Å²) >= 11 is 0. The third-order valence-corrected chi connectivity index (χ3v) is 12.8. The molecule has 9 aromatic carbocycles. The van der Waals surface area contributed by atoms with Gasteiger partial charge in [0.2, 0.25) is 0 Å². The maximum absolute atomic E-state index is 4.54. The number of fused-ring (bicyclic) bond motifs is 6. The van der Waals surface area contributed by atoms with Gasteiger partial charge in [-0.2, -0.15) is 0 Å². The molecular weight excluding hydrogens is 809 g/mol. The zero-order valence-corrected chi connectivity index (χ0v) is 39.2. The van der Waals surface area contributed by atoms with Crippen LogP contribution in [0.5, 0.6) is 0 Å². The van der Waals surface area contributed by atoms with Crippen LogP contribution >= 0.6 is 0 Å². The average molecular weight is 865 g/mol. The Labute approximate surface area is 396 Å². The Morgan fingerprint density at radius 1 is 0.463 bits per heavy atom. The van der Waals surface area contributed by atoms with Crippen molar-refractivity contribution in [2.75, 3.05) is 0 Å². The second-order valence-electron chi connectivity index (χ2n) is 17.6. The second kappa shape index (κ2) is 19.6. The van der Waals surface area contributed by atoms with Gasteiger partial charge in [-0.1, -0.05) is 200 Å². The van der Waals surface area contributed by atoms with Crippen LogP contribution in [0.25, 0.3) is 72.1 Å². The SMILES string of the molecule is C=C(C)c1cccc2c1-c1cc(C)ccc1C2.C=C(N=C(C)c1ccccc1)c1ccccc1.Cc1ccccc1-c1cc(-c2ccc3c(c2)c2ccccc2n3-c2ccccc2)ccc1C. The van der Waals surface area contributed by atoms with Crippen molar-refractivity contribution in [1.82, 2.24) is 4.57 Å². The van der Waals surface area contributed by atoms with E-state index in [0.29, 0.717) is 0 Å². The number of allylic oxidation sites excluding steroid dienone is 1. The van der Waals surface area contributed by atoms with E-state index < -0.39 is 0 Å². The number of nitrogens with zero attached hydrogens (tertiary/aromatic N) is 2. The predicted molar refractivity (Wildman–Crippen MR) is 289 cm³/mol. The summed E-state index contributed by atoms with van der Waals surface area (Å²) in [6.07, 6.45) is 1.06. The normalized spacial score (nSPS) is 11.5. The molecule has 2 heteroatoms. The molecule has 67 heavy (non-hydrogen) atoms. The van der Waals surface area contributed by atoms with E-state index in [-0.39, 0.29) is 0 Å². The van der Waals surface area contributed by atoms with Crippen molar-refractivity contribution in [3.05, 3.63) is 270 Å². The summed E-state index contributed by atoms with van der Waals surface area (Å²) in [6, 6.07) is 75.1. The molecule has 0 N–H and O–H groups in total. The number of hydrogen-bond acceptors (Lipinski definition) is 1. The van der Waals surface area contributed by atoms with E-state index in [1.807, 2.05) is 55.5 Å². The molecule has 1 aromatic heterocycles. The van der Waals surface area contributed by atoms with Gasteiger partial charge in [-0.15, -0.1) is 0 Å². The minimum Gasteiger partial charge on any atom is -0.309 e. The molecule has 0 saturated carbocycles. The molecule has 0 atom stereocenters. The van der Waals surface area contributed by atoms with E-state index in [9.17, 15) is 0 Å². The third kappa shape index (κ3) is 9.39. The summed E-state index contributed by atoms with van der Waals surface area (Å²) in [7, 11) is 0. The molecule has 0 spiro atoms. The summed E-state index contributed by atoms with van der Waals surface area (Å²) in [5, 5.41) is 2.56. The monoisotopic (exact) mass is 864 g/mol. The first-order chi connectivity index (χ1) is 32.6. The molecule has 0 unspecified atom stereocenters. The number of aromatic nitrogens is 1. The van der Waals surface area contributed by atoms with E-state index in [1.54, 1.807) is 0 Å². The number of benzene rings is 9. The van der Waals surface area contributed by atoms with Crippen LogP contribution < -0.4 is 0 Å². The highest BCUT2D eigenvalue weighted by Crippen LogP contribution is 2.41. The van der Waals surface area contributed by atoms with Crippen LogP contribution in [0, 0.1) is 20.8 Å². The zero-order valence-electron chi connectivity index (χ0n) is 39.2. The molecule has 326 valence electrons. The van der Waals surface area contributed by atoms with E-state index in [1.165, 1.54) is 94.3 Å². The van der Waals surface area contributed by atoms with E-state index in [0.717, 1.165) is 34.5 Å². The molecule has 0 amide bonds. The Morgan fingerprint density at radius 3 is 1.81 bits per heavy atom. The van der Waals surface area contributed by atoms with Crippen LogP contribution in [0.3, 0.4) is 0 Å². The van der Waals surface area contributed by atoms with Crippen LogP contribution in [-0.4, -0.2) is 10.3 Å². The molecule has 1 heterocycles. The predicted octanol–water partition coefficient (Wildman–Crippen LogP) is 17.5. The fraction of sp³-hybridized carbons (Fsp3) is 0.0923. The van der Waals surface area contributed by atoms with Crippen LogP contribution in [0.4, 0.5) is 0 Å². The molecule has 10 aromatic rings. The quantitative estimate of drug-likeness (QED) is 0.142. The molecule has 0 radical (unpaired) electrons. The molecular formula is C65H56N2.